The fourth-order valence-corrected chi connectivity index (χ4v) is 2.52. The number of allylic oxidation sites excluding steroid dienone is 1. The molecule has 0 spiro atoms. The van der Waals surface area contributed by atoms with Crippen LogP contribution in [0.15, 0.2) is 17.1 Å². The Morgan fingerprint density at radius 1 is 1.13 bits per heavy atom. The number of aliphatic imine (C=N–C) groups is 1. The van der Waals surface area contributed by atoms with Gasteiger partial charge in [-0.05, 0) is 18.8 Å². The molecule has 30 heavy (non-hydrogen) atoms. The number of nitrogens with zero attached hydrogens (tertiary/aromatic N) is 1. The number of aliphatic carboxylic acids is 1. The molecule has 0 saturated heterocycles. The average molecular weight is 450 g/mol. The van der Waals surface area contributed by atoms with E-state index in [1.807, 2.05) is 0 Å². The van der Waals surface area contributed by atoms with Crippen molar-refractivity contribution in [2.24, 2.45) is 28.1 Å². The summed E-state index contributed by atoms with van der Waals surface area (Å²) in [5, 5.41) is 13.9. The standard InChI is InChI=1S/C16H31N6O7P/c1-9(2)12(17)14(24)21-10(5-3-7-20-16(18)19)13(23)22-11(15(25)26)6-4-8-30(27,28)29/h4,6,9-12H,3,5,7-8,17H2,1-2H3,(H,21,24)(H,22,23)(H,25,26)(H4,18,19,20)(H2,27,28,29)/b6-4-/t10-,11-,12?/m0/s1. The molecule has 0 aliphatic heterocycles. The molecular formula is C16H31N6O7P. The topological polar surface area (TPSA) is 243 Å². The minimum absolute atomic E-state index is 0.0949. The zero-order valence-electron chi connectivity index (χ0n) is 16.9. The summed E-state index contributed by atoms with van der Waals surface area (Å²) >= 11 is 0. The summed E-state index contributed by atoms with van der Waals surface area (Å²) in [6.45, 7) is 3.64. The van der Waals surface area contributed by atoms with E-state index in [1.54, 1.807) is 13.8 Å². The number of carboxylic acid groups (broad SMARTS) is 1. The summed E-state index contributed by atoms with van der Waals surface area (Å²) < 4.78 is 10.9. The van der Waals surface area contributed by atoms with Crippen LogP contribution in [0.4, 0.5) is 0 Å². The second-order valence-corrected chi connectivity index (χ2v) is 8.57. The van der Waals surface area contributed by atoms with Crippen LogP contribution < -0.4 is 27.8 Å². The predicted octanol–water partition coefficient (Wildman–Crippen LogP) is -2.19. The molecule has 2 amide bonds. The largest absolute Gasteiger partial charge is 0.479 e. The first-order chi connectivity index (χ1) is 13.7. The monoisotopic (exact) mass is 450 g/mol. The summed E-state index contributed by atoms with van der Waals surface area (Å²) in [6.07, 6.45) is 1.61. The Morgan fingerprint density at radius 3 is 2.20 bits per heavy atom. The lowest BCUT2D eigenvalue weighted by Gasteiger charge is -2.23. The average Bonchev–Trinajstić information content (AvgIpc) is 2.60. The molecule has 0 heterocycles. The van der Waals surface area contributed by atoms with Gasteiger partial charge in [0.25, 0.3) is 0 Å². The molecule has 1 unspecified atom stereocenters. The first kappa shape index (κ1) is 27.5. The molecule has 13 nitrogen and oxygen atoms in total. The number of carbonyl (C=O) groups excluding carboxylic acids is 2. The van der Waals surface area contributed by atoms with Crippen LogP contribution in [0.1, 0.15) is 26.7 Å². The van der Waals surface area contributed by atoms with Crippen molar-refractivity contribution in [3.8, 4) is 0 Å². The second-order valence-electron chi connectivity index (χ2n) is 6.88. The molecule has 0 fully saturated rings. The molecule has 0 bridgehead atoms. The van der Waals surface area contributed by atoms with E-state index in [1.165, 1.54) is 0 Å². The highest BCUT2D eigenvalue weighted by Crippen LogP contribution is 2.33. The summed E-state index contributed by atoms with van der Waals surface area (Å²) in [6, 6.07) is -3.55. The van der Waals surface area contributed by atoms with Crippen LogP contribution in [0.5, 0.6) is 0 Å². The number of nitrogens with two attached hydrogens (primary N) is 3. The van der Waals surface area contributed by atoms with Gasteiger partial charge in [0, 0.05) is 6.54 Å². The molecule has 172 valence electrons. The number of nitrogens with one attached hydrogen (secondary N) is 2. The maximum Gasteiger partial charge on any atom is 0.330 e. The zero-order valence-corrected chi connectivity index (χ0v) is 17.8. The Labute approximate surface area is 174 Å². The normalized spacial score (nSPS) is 14.7. The molecule has 0 aromatic carbocycles. The molecule has 0 saturated carbocycles. The first-order valence-electron chi connectivity index (χ1n) is 9.10. The molecule has 0 aliphatic carbocycles. The van der Waals surface area contributed by atoms with Crippen molar-refractivity contribution in [1.82, 2.24) is 10.6 Å². The Kier molecular flexibility index (Phi) is 11.9. The highest BCUT2D eigenvalue weighted by molar-refractivity contribution is 7.51. The number of carbonyl (C=O) groups is 3. The molecule has 0 aromatic heterocycles. The van der Waals surface area contributed by atoms with Crippen molar-refractivity contribution < 1.29 is 33.8 Å². The van der Waals surface area contributed by atoms with Gasteiger partial charge >= 0.3 is 13.6 Å². The van der Waals surface area contributed by atoms with E-state index in [9.17, 15) is 24.1 Å². The third-order valence-electron chi connectivity index (χ3n) is 3.83. The van der Waals surface area contributed by atoms with E-state index in [4.69, 9.17) is 27.0 Å². The molecule has 3 atom stereocenters. The van der Waals surface area contributed by atoms with Gasteiger partial charge in [-0.3, -0.25) is 19.1 Å². The van der Waals surface area contributed by atoms with Crippen molar-refractivity contribution in [3.05, 3.63) is 12.2 Å². The zero-order chi connectivity index (χ0) is 23.5. The van der Waals surface area contributed by atoms with E-state index in [0.717, 1.165) is 12.2 Å². The van der Waals surface area contributed by atoms with Gasteiger partial charge in [0.15, 0.2) is 5.96 Å². The number of guanidine groups is 1. The Hall–Kier alpha value is -2.47. The lowest BCUT2D eigenvalue weighted by atomic mass is 10.0. The first-order valence-corrected chi connectivity index (χ1v) is 10.9. The summed E-state index contributed by atoms with van der Waals surface area (Å²) in [5.41, 5.74) is 16.2. The van der Waals surface area contributed by atoms with Crippen molar-refractivity contribution in [1.29, 1.82) is 0 Å². The van der Waals surface area contributed by atoms with Crippen LogP contribution in [-0.4, -0.2) is 69.5 Å². The van der Waals surface area contributed by atoms with Crippen LogP contribution in [-0.2, 0) is 18.9 Å². The van der Waals surface area contributed by atoms with Gasteiger partial charge in [-0.25, -0.2) is 4.79 Å². The van der Waals surface area contributed by atoms with Gasteiger partial charge in [0.05, 0.1) is 12.2 Å². The maximum absolute atomic E-state index is 12.6. The fraction of sp³-hybridized carbons (Fsp3) is 0.625. The Balaban J connectivity index is 5.28. The van der Waals surface area contributed by atoms with Crippen LogP contribution in [0, 0.1) is 5.92 Å². The van der Waals surface area contributed by atoms with Crippen molar-refractivity contribution in [3.63, 3.8) is 0 Å². The smallest absolute Gasteiger partial charge is 0.330 e. The third kappa shape index (κ3) is 12.2. The minimum Gasteiger partial charge on any atom is -0.479 e. The predicted molar refractivity (Wildman–Crippen MR) is 110 cm³/mol. The highest BCUT2D eigenvalue weighted by Gasteiger charge is 2.27. The van der Waals surface area contributed by atoms with E-state index in [0.29, 0.717) is 6.42 Å². The second kappa shape index (κ2) is 13.0. The number of hydrogen-bond donors (Lipinski definition) is 8. The lowest BCUT2D eigenvalue weighted by molar-refractivity contribution is -0.140. The summed E-state index contributed by atoms with van der Waals surface area (Å²) in [7, 11) is -4.37. The molecule has 0 radical (unpaired) electrons. The minimum atomic E-state index is -4.37. The van der Waals surface area contributed by atoms with Gasteiger partial charge < -0.3 is 42.7 Å². The van der Waals surface area contributed by atoms with Gasteiger partial charge in [-0.2, -0.15) is 0 Å². The van der Waals surface area contributed by atoms with Crippen LogP contribution in [0.25, 0.3) is 0 Å². The number of hydrogen-bond acceptors (Lipinski definition) is 6. The van der Waals surface area contributed by atoms with E-state index >= 15 is 0 Å². The maximum atomic E-state index is 12.6. The highest BCUT2D eigenvalue weighted by atomic mass is 31.2. The molecule has 0 rings (SSSR count). The number of rotatable bonds is 13. The Morgan fingerprint density at radius 2 is 1.73 bits per heavy atom. The van der Waals surface area contributed by atoms with Crippen LogP contribution in [0.3, 0.4) is 0 Å². The fourth-order valence-electron chi connectivity index (χ4n) is 2.12. The van der Waals surface area contributed by atoms with Gasteiger partial charge in [0.1, 0.15) is 12.1 Å². The quantitative estimate of drug-likeness (QED) is 0.0495. The number of amides is 2. The van der Waals surface area contributed by atoms with Gasteiger partial charge in [0.2, 0.25) is 11.8 Å². The SMILES string of the molecule is CC(C)C(N)C(=O)N[C@@H](CCCN=C(N)N)C(=O)N[C@@H](/C=C\CP(=O)(O)O)C(=O)O. The van der Waals surface area contributed by atoms with Gasteiger partial charge in [-0.1, -0.05) is 26.0 Å². The molecule has 14 heteroatoms. The van der Waals surface area contributed by atoms with Crippen molar-refractivity contribution >= 4 is 31.3 Å². The number of carboxylic acids is 1. The van der Waals surface area contributed by atoms with Crippen LogP contribution >= 0.6 is 7.60 Å². The summed E-state index contributed by atoms with van der Waals surface area (Å²) in [5.74, 6) is -3.18. The van der Waals surface area contributed by atoms with E-state index < -0.39 is 49.7 Å². The van der Waals surface area contributed by atoms with Crippen molar-refractivity contribution in [2.45, 2.75) is 44.8 Å². The van der Waals surface area contributed by atoms with E-state index in [2.05, 4.69) is 15.6 Å². The summed E-state index contributed by atoms with van der Waals surface area (Å²) in [4.78, 5) is 57.6. The lowest BCUT2D eigenvalue weighted by Crippen LogP contribution is -2.55. The van der Waals surface area contributed by atoms with Crippen molar-refractivity contribution in [2.75, 3.05) is 12.7 Å². The van der Waals surface area contributed by atoms with E-state index in [-0.39, 0.29) is 24.8 Å². The van der Waals surface area contributed by atoms with Crippen LogP contribution in [0.2, 0.25) is 0 Å². The molecular weight excluding hydrogens is 419 g/mol. The Bertz CT molecular complexity index is 702. The molecule has 0 aromatic rings. The van der Waals surface area contributed by atoms with Gasteiger partial charge in [-0.15, -0.1) is 0 Å². The molecule has 11 N–H and O–H groups in total. The third-order valence-corrected chi connectivity index (χ3v) is 4.52. The molecule has 0 aliphatic rings.